The maximum atomic E-state index is 3.91. The summed E-state index contributed by atoms with van der Waals surface area (Å²) in [4.78, 5) is 2.85. The van der Waals surface area contributed by atoms with Gasteiger partial charge < -0.3 is 5.32 Å². The van der Waals surface area contributed by atoms with Crippen molar-refractivity contribution in [2.45, 2.75) is 76.8 Å². The van der Waals surface area contributed by atoms with E-state index < -0.39 is 0 Å². The van der Waals surface area contributed by atoms with E-state index in [1.165, 1.54) is 71.0 Å². The summed E-state index contributed by atoms with van der Waals surface area (Å²) in [5, 5.41) is 3.91. The lowest BCUT2D eigenvalue weighted by Crippen LogP contribution is -2.64. The van der Waals surface area contributed by atoms with Gasteiger partial charge in [0.15, 0.2) is 0 Å². The average Bonchev–Trinajstić information content (AvgIpc) is 2.76. The van der Waals surface area contributed by atoms with E-state index >= 15 is 0 Å². The van der Waals surface area contributed by atoms with Crippen LogP contribution in [0.1, 0.15) is 65.2 Å². The fourth-order valence-electron chi connectivity index (χ4n) is 4.44. The first-order valence-corrected chi connectivity index (χ1v) is 8.14. The zero-order valence-electron chi connectivity index (χ0n) is 12.3. The van der Waals surface area contributed by atoms with Crippen molar-refractivity contribution in [2.24, 2.45) is 5.41 Å². The Balaban J connectivity index is 1.67. The highest BCUT2D eigenvalue weighted by Gasteiger charge is 2.43. The van der Waals surface area contributed by atoms with Crippen LogP contribution in [0.5, 0.6) is 0 Å². The van der Waals surface area contributed by atoms with Crippen LogP contribution in [0.3, 0.4) is 0 Å². The monoisotopic (exact) mass is 250 g/mol. The van der Waals surface area contributed by atoms with E-state index in [-0.39, 0.29) is 0 Å². The molecule has 1 N–H and O–H groups in total. The molecular weight excluding hydrogens is 220 g/mol. The van der Waals surface area contributed by atoms with E-state index in [1.54, 1.807) is 0 Å². The molecule has 1 aliphatic heterocycles. The van der Waals surface area contributed by atoms with Crippen molar-refractivity contribution in [3.05, 3.63) is 0 Å². The Morgan fingerprint density at radius 3 is 2.39 bits per heavy atom. The fourth-order valence-corrected chi connectivity index (χ4v) is 4.44. The summed E-state index contributed by atoms with van der Waals surface area (Å²) >= 11 is 0. The Labute approximate surface area is 113 Å². The number of piperazine rings is 1. The highest BCUT2D eigenvalue weighted by molar-refractivity contribution is 5.02. The molecule has 0 bridgehead atoms. The van der Waals surface area contributed by atoms with Crippen molar-refractivity contribution in [3.8, 4) is 0 Å². The third-order valence-corrected chi connectivity index (χ3v) is 5.91. The molecule has 0 aromatic rings. The van der Waals surface area contributed by atoms with Gasteiger partial charge in [-0.25, -0.2) is 0 Å². The van der Waals surface area contributed by atoms with E-state index in [2.05, 4.69) is 24.1 Å². The van der Waals surface area contributed by atoms with Crippen LogP contribution in [0.2, 0.25) is 0 Å². The van der Waals surface area contributed by atoms with Crippen molar-refractivity contribution in [1.82, 2.24) is 10.2 Å². The molecule has 0 amide bonds. The van der Waals surface area contributed by atoms with Gasteiger partial charge in [-0.3, -0.25) is 4.90 Å². The van der Waals surface area contributed by atoms with Gasteiger partial charge in [0.25, 0.3) is 0 Å². The zero-order valence-corrected chi connectivity index (χ0v) is 12.3. The number of nitrogens with zero attached hydrogens (tertiary/aromatic N) is 1. The SMILES string of the molecule is CCC1CNC2(CCCC2)CN1CC1(C)CCC1. The fraction of sp³-hybridized carbons (Fsp3) is 1.00. The lowest BCUT2D eigenvalue weighted by molar-refractivity contribution is 0.0126. The minimum absolute atomic E-state index is 0.492. The van der Waals surface area contributed by atoms with E-state index in [1.807, 2.05) is 0 Å². The molecule has 3 fully saturated rings. The molecule has 2 aliphatic carbocycles. The number of nitrogens with one attached hydrogen (secondary N) is 1. The molecule has 18 heavy (non-hydrogen) atoms. The molecule has 1 spiro atoms. The molecular formula is C16H30N2. The molecule has 0 aromatic carbocycles. The first kappa shape index (κ1) is 12.9. The van der Waals surface area contributed by atoms with Crippen LogP contribution in [-0.2, 0) is 0 Å². The van der Waals surface area contributed by atoms with Crippen molar-refractivity contribution < 1.29 is 0 Å². The molecule has 1 atom stereocenters. The summed E-state index contributed by atoms with van der Waals surface area (Å²) in [6.45, 7) is 8.77. The molecule has 2 saturated carbocycles. The van der Waals surface area contributed by atoms with Crippen molar-refractivity contribution in [2.75, 3.05) is 19.6 Å². The Hall–Kier alpha value is -0.0800. The van der Waals surface area contributed by atoms with Crippen LogP contribution in [-0.4, -0.2) is 36.1 Å². The quantitative estimate of drug-likeness (QED) is 0.827. The van der Waals surface area contributed by atoms with Crippen LogP contribution in [0.15, 0.2) is 0 Å². The van der Waals surface area contributed by atoms with Gasteiger partial charge >= 0.3 is 0 Å². The smallest absolute Gasteiger partial charge is 0.0309 e. The molecule has 1 unspecified atom stereocenters. The van der Waals surface area contributed by atoms with Gasteiger partial charge in [0, 0.05) is 31.2 Å². The van der Waals surface area contributed by atoms with Crippen molar-refractivity contribution in [1.29, 1.82) is 0 Å². The van der Waals surface area contributed by atoms with Gasteiger partial charge in [-0.15, -0.1) is 0 Å². The van der Waals surface area contributed by atoms with Gasteiger partial charge in [0.05, 0.1) is 0 Å². The van der Waals surface area contributed by atoms with E-state index in [4.69, 9.17) is 0 Å². The summed E-state index contributed by atoms with van der Waals surface area (Å²) in [5.41, 5.74) is 1.14. The van der Waals surface area contributed by atoms with Gasteiger partial charge in [0.2, 0.25) is 0 Å². The number of hydrogen-bond acceptors (Lipinski definition) is 2. The van der Waals surface area contributed by atoms with E-state index in [0.717, 1.165) is 6.04 Å². The normalized spacial score (nSPS) is 34.7. The summed E-state index contributed by atoms with van der Waals surface area (Å²) in [6, 6.07) is 0.786. The second kappa shape index (κ2) is 4.79. The standard InChI is InChI=1S/C16H30N2/c1-3-14-11-17-16(9-4-5-10-16)13-18(14)12-15(2)7-6-8-15/h14,17H,3-13H2,1-2H3. The van der Waals surface area contributed by atoms with Gasteiger partial charge in [-0.1, -0.05) is 33.1 Å². The van der Waals surface area contributed by atoms with E-state index in [9.17, 15) is 0 Å². The molecule has 3 aliphatic rings. The maximum Gasteiger partial charge on any atom is 0.0309 e. The van der Waals surface area contributed by atoms with Gasteiger partial charge in [0.1, 0.15) is 0 Å². The molecule has 1 saturated heterocycles. The minimum atomic E-state index is 0.492. The lowest BCUT2D eigenvalue weighted by Gasteiger charge is -2.51. The Morgan fingerprint density at radius 1 is 1.11 bits per heavy atom. The number of rotatable bonds is 3. The molecule has 104 valence electrons. The predicted octanol–water partition coefficient (Wildman–Crippen LogP) is 3.17. The van der Waals surface area contributed by atoms with Crippen LogP contribution in [0.25, 0.3) is 0 Å². The van der Waals surface area contributed by atoms with Crippen LogP contribution >= 0.6 is 0 Å². The lowest BCUT2D eigenvalue weighted by atomic mass is 9.69. The largest absolute Gasteiger partial charge is 0.308 e. The topological polar surface area (TPSA) is 15.3 Å². The van der Waals surface area contributed by atoms with Gasteiger partial charge in [-0.2, -0.15) is 0 Å². The number of hydrogen-bond donors (Lipinski definition) is 1. The zero-order chi connectivity index (χ0) is 12.6. The second-order valence-corrected chi connectivity index (χ2v) is 7.50. The van der Waals surface area contributed by atoms with Crippen molar-refractivity contribution in [3.63, 3.8) is 0 Å². The maximum absolute atomic E-state index is 3.91. The molecule has 2 heteroatoms. The predicted molar refractivity (Wildman–Crippen MR) is 76.8 cm³/mol. The van der Waals surface area contributed by atoms with Crippen LogP contribution in [0, 0.1) is 5.41 Å². The Kier molecular flexibility index (Phi) is 3.44. The average molecular weight is 250 g/mol. The Morgan fingerprint density at radius 2 is 1.83 bits per heavy atom. The van der Waals surface area contributed by atoms with Crippen molar-refractivity contribution >= 4 is 0 Å². The molecule has 3 rings (SSSR count). The summed E-state index contributed by atoms with van der Waals surface area (Å²) in [6.07, 6.45) is 11.4. The molecule has 1 heterocycles. The minimum Gasteiger partial charge on any atom is -0.308 e. The van der Waals surface area contributed by atoms with E-state index in [0.29, 0.717) is 11.0 Å². The Bertz CT molecular complexity index is 289. The second-order valence-electron chi connectivity index (χ2n) is 7.50. The highest BCUT2D eigenvalue weighted by atomic mass is 15.3. The first-order valence-electron chi connectivity index (χ1n) is 8.14. The van der Waals surface area contributed by atoms with Crippen LogP contribution < -0.4 is 5.32 Å². The van der Waals surface area contributed by atoms with Gasteiger partial charge in [-0.05, 0) is 37.5 Å². The highest BCUT2D eigenvalue weighted by Crippen LogP contribution is 2.43. The summed E-state index contributed by atoms with van der Waals surface area (Å²) in [5.74, 6) is 0. The summed E-state index contributed by atoms with van der Waals surface area (Å²) < 4.78 is 0. The molecule has 0 aromatic heterocycles. The first-order chi connectivity index (χ1) is 8.65. The molecule has 2 nitrogen and oxygen atoms in total. The summed E-state index contributed by atoms with van der Waals surface area (Å²) in [7, 11) is 0. The third-order valence-electron chi connectivity index (χ3n) is 5.91. The van der Waals surface area contributed by atoms with Crippen LogP contribution in [0.4, 0.5) is 0 Å². The third kappa shape index (κ3) is 2.34. The molecule has 0 radical (unpaired) electrons.